The number of nitrogens with zero attached hydrogens (tertiary/aromatic N) is 3. The summed E-state index contributed by atoms with van der Waals surface area (Å²) in [5.41, 5.74) is 1.27. The van der Waals surface area contributed by atoms with Gasteiger partial charge in [0.1, 0.15) is 16.4 Å². The molecule has 6 nitrogen and oxygen atoms in total. The van der Waals surface area contributed by atoms with Gasteiger partial charge in [0, 0.05) is 17.6 Å². The quantitative estimate of drug-likeness (QED) is 0.787. The molecule has 0 saturated carbocycles. The lowest BCUT2D eigenvalue weighted by Crippen LogP contribution is -2.34. The van der Waals surface area contributed by atoms with E-state index in [1.54, 1.807) is 17.0 Å². The van der Waals surface area contributed by atoms with Crippen LogP contribution in [-0.2, 0) is 4.74 Å². The molecule has 0 aliphatic rings. The Kier molecular flexibility index (Phi) is 5.44. The smallest absolute Gasteiger partial charge is 0.356 e. The molecule has 0 saturated heterocycles. The summed E-state index contributed by atoms with van der Waals surface area (Å²) < 4.78 is 4.64. The van der Waals surface area contributed by atoms with Crippen LogP contribution in [0.2, 0.25) is 0 Å². The van der Waals surface area contributed by atoms with Crippen LogP contribution in [-0.4, -0.2) is 40.4 Å². The fourth-order valence-corrected chi connectivity index (χ4v) is 3.07. The molecule has 23 heavy (non-hydrogen) atoms. The molecular formula is C16H19N3O3S. The van der Waals surface area contributed by atoms with Crippen LogP contribution in [0.1, 0.15) is 51.6 Å². The summed E-state index contributed by atoms with van der Waals surface area (Å²) in [5.74, 6) is -0.801. The number of carbonyl (C=O) groups excluding carboxylic acids is 2. The minimum Gasteiger partial charge on any atom is -0.464 e. The van der Waals surface area contributed by atoms with E-state index in [4.69, 9.17) is 0 Å². The number of rotatable bonds is 5. The van der Waals surface area contributed by atoms with Gasteiger partial charge in [-0.25, -0.2) is 14.8 Å². The highest BCUT2D eigenvalue weighted by Gasteiger charge is 2.25. The van der Waals surface area contributed by atoms with Gasteiger partial charge in [-0.2, -0.15) is 0 Å². The van der Waals surface area contributed by atoms with Gasteiger partial charge in [-0.1, -0.05) is 6.07 Å². The third-order valence-electron chi connectivity index (χ3n) is 3.43. The predicted molar refractivity (Wildman–Crippen MR) is 87.6 cm³/mol. The van der Waals surface area contributed by atoms with Gasteiger partial charge < -0.3 is 9.64 Å². The number of hydrogen-bond acceptors (Lipinski definition) is 6. The lowest BCUT2D eigenvalue weighted by molar-refractivity contribution is 0.0593. The molecular weight excluding hydrogens is 314 g/mol. The first-order chi connectivity index (χ1) is 11.0. The van der Waals surface area contributed by atoms with Crippen molar-refractivity contribution >= 4 is 23.2 Å². The van der Waals surface area contributed by atoms with Crippen LogP contribution in [0.15, 0.2) is 23.6 Å². The molecule has 122 valence electrons. The van der Waals surface area contributed by atoms with Crippen molar-refractivity contribution in [2.75, 3.05) is 13.7 Å². The van der Waals surface area contributed by atoms with Crippen LogP contribution in [0.25, 0.3) is 0 Å². The van der Waals surface area contributed by atoms with Gasteiger partial charge in [-0.3, -0.25) is 4.79 Å². The number of ether oxygens (including phenoxy) is 1. The topological polar surface area (TPSA) is 72.4 Å². The van der Waals surface area contributed by atoms with Gasteiger partial charge >= 0.3 is 5.97 Å². The van der Waals surface area contributed by atoms with Crippen LogP contribution in [0.4, 0.5) is 0 Å². The molecule has 2 aromatic rings. The summed E-state index contributed by atoms with van der Waals surface area (Å²) in [6, 6.07) is 4.58. The summed E-state index contributed by atoms with van der Waals surface area (Å²) in [5, 5.41) is 2.84. The Morgan fingerprint density at radius 1 is 1.30 bits per heavy atom. The molecule has 0 N–H and O–H groups in total. The van der Waals surface area contributed by atoms with E-state index in [1.165, 1.54) is 24.5 Å². The van der Waals surface area contributed by atoms with Crippen LogP contribution in [0.3, 0.4) is 0 Å². The summed E-state index contributed by atoms with van der Waals surface area (Å²) in [4.78, 5) is 34.6. The number of hydrogen-bond donors (Lipinski definition) is 0. The second kappa shape index (κ2) is 7.32. The Hall–Kier alpha value is -2.28. The summed E-state index contributed by atoms with van der Waals surface area (Å²) in [7, 11) is 1.28. The molecule has 2 heterocycles. The molecule has 0 radical (unpaired) electrons. The van der Waals surface area contributed by atoms with Crippen LogP contribution < -0.4 is 0 Å². The fraction of sp³-hybridized carbons (Fsp3) is 0.375. The lowest BCUT2D eigenvalue weighted by atomic mass is 10.2. The molecule has 7 heteroatoms. The SMILES string of the molecule is CCN(C(=O)c1cccc(C(=O)OC)n1)[C@H](C)c1nc(C)cs1. The highest BCUT2D eigenvalue weighted by molar-refractivity contribution is 7.09. The largest absolute Gasteiger partial charge is 0.464 e. The second-order valence-electron chi connectivity index (χ2n) is 4.99. The van der Waals surface area contributed by atoms with Crippen molar-refractivity contribution in [3.05, 3.63) is 45.7 Å². The van der Waals surface area contributed by atoms with Crippen molar-refractivity contribution in [1.82, 2.24) is 14.9 Å². The minimum absolute atomic E-state index is 0.118. The van der Waals surface area contributed by atoms with Crippen molar-refractivity contribution in [2.24, 2.45) is 0 Å². The Morgan fingerprint density at radius 2 is 2.00 bits per heavy atom. The second-order valence-corrected chi connectivity index (χ2v) is 5.88. The summed E-state index contributed by atoms with van der Waals surface area (Å²) in [6.45, 7) is 6.28. The summed E-state index contributed by atoms with van der Waals surface area (Å²) >= 11 is 1.53. The standard InChI is InChI=1S/C16H19N3O3S/c1-5-19(11(3)14-17-10(2)9-23-14)15(20)12-7-6-8-13(18-12)16(21)22-4/h6-9,11H,5H2,1-4H3/t11-/m1/s1. The number of methoxy groups -OCH3 is 1. The van der Waals surface area contributed by atoms with Crippen molar-refractivity contribution in [1.29, 1.82) is 0 Å². The van der Waals surface area contributed by atoms with Crippen LogP contribution in [0, 0.1) is 6.92 Å². The first-order valence-corrected chi connectivity index (χ1v) is 8.14. The zero-order valence-corrected chi connectivity index (χ0v) is 14.4. The van der Waals surface area contributed by atoms with E-state index in [9.17, 15) is 9.59 Å². The Labute approximate surface area is 139 Å². The molecule has 0 spiro atoms. The third-order valence-corrected chi connectivity index (χ3v) is 4.56. The number of esters is 1. The number of carbonyl (C=O) groups is 2. The van der Waals surface area contributed by atoms with Gasteiger partial charge in [0.05, 0.1) is 13.2 Å². The van der Waals surface area contributed by atoms with Gasteiger partial charge in [0.15, 0.2) is 0 Å². The molecule has 0 aromatic carbocycles. The van der Waals surface area contributed by atoms with Gasteiger partial charge in [-0.05, 0) is 32.9 Å². The molecule has 2 rings (SSSR count). The zero-order valence-electron chi connectivity index (χ0n) is 13.6. The van der Waals surface area contributed by atoms with Crippen molar-refractivity contribution in [3.63, 3.8) is 0 Å². The van der Waals surface area contributed by atoms with E-state index >= 15 is 0 Å². The monoisotopic (exact) mass is 333 g/mol. The third kappa shape index (κ3) is 3.73. The van der Waals surface area contributed by atoms with Gasteiger partial charge in [-0.15, -0.1) is 11.3 Å². The van der Waals surface area contributed by atoms with Crippen molar-refractivity contribution < 1.29 is 14.3 Å². The molecule has 0 unspecified atom stereocenters. The van der Waals surface area contributed by atoms with Crippen molar-refractivity contribution in [2.45, 2.75) is 26.8 Å². The van der Waals surface area contributed by atoms with Crippen LogP contribution >= 0.6 is 11.3 Å². The van der Waals surface area contributed by atoms with E-state index in [-0.39, 0.29) is 23.3 Å². The van der Waals surface area contributed by atoms with E-state index in [0.717, 1.165) is 10.7 Å². The van der Waals surface area contributed by atoms with Gasteiger partial charge in [0.2, 0.25) is 0 Å². The summed E-state index contributed by atoms with van der Waals surface area (Å²) in [6.07, 6.45) is 0. The number of pyridine rings is 1. The van der Waals surface area contributed by atoms with E-state index in [2.05, 4.69) is 14.7 Å². The van der Waals surface area contributed by atoms with E-state index in [1.807, 2.05) is 26.2 Å². The molecule has 1 atom stereocenters. The normalized spacial score (nSPS) is 11.8. The number of aryl methyl sites for hydroxylation is 1. The van der Waals surface area contributed by atoms with Gasteiger partial charge in [0.25, 0.3) is 5.91 Å². The molecule has 0 aliphatic carbocycles. The maximum absolute atomic E-state index is 12.7. The maximum Gasteiger partial charge on any atom is 0.356 e. The van der Waals surface area contributed by atoms with E-state index < -0.39 is 5.97 Å². The highest BCUT2D eigenvalue weighted by Crippen LogP contribution is 2.24. The lowest BCUT2D eigenvalue weighted by Gasteiger charge is -2.26. The number of thiazole rings is 1. The number of aromatic nitrogens is 2. The maximum atomic E-state index is 12.7. The highest BCUT2D eigenvalue weighted by atomic mass is 32.1. The number of amides is 1. The average molecular weight is 333 g/mol. The first kappa shape index (κ1) is 17.1. The Morgan fingerprint density at radius 3 is 2.57 bits per heavy atom. The predicted octanol–water partition coefficient (Wildman–Crippen LogP) is 2.86. The molecule has 0 bridgehead atoms. The fourth-order valence-electron chi connectivity index (χ4n) is 2.21. The molecule has 2 aromatic heterocycles. The van der Waals surface area contributed by atoms with E-state index in [0.29, 0.717) is 6.54 Å². The van der Waals surface area contributed by atoms with Crippen molar-refractivity contribution in [3.8, 4) is 0 Å². The molecule has 0 aliphatic heterocycles. The Balaban J connectivity index is 2.27. The van der Waals surface area contributed by atoms with Crippen LogP contribution in [0.5, 0.6) is 0 Å². The first-order valence-electron chi connectivity index (χ1n) is 7.26. The Bertz CT molecular complexity index is 714. The molecule has 0 fully saturated rings. The minimum atomic E-state index is -0.564. The average Bonchev–Trinajstić information content (AvgIpc) is 3.01. The zero-order chi connectivity index (χ0) is 17.0. The molecule has 1 amide bonds.